The zero-order valence-electron chi connectivity index (χ0n) is 11.9. The Bertz CT molecular complexity index is 349. The SMILES string of the molecule is CCC1(CC)NC(=O)CCN(CC2CCSC2)C1=O. The minimum Gasteiger partial charge on any atom is -0.342 e. The first kappa shape index (κ1) is 14.7. The summed E-state index contributed by atoms with van der Waals surface area (Å²) in [4.78, 5) is 26.5. The van der Waals surface area contributed by atoms with Crippen LogP contribution >= 0.6 is 11.8 Å². The van der Waals surface area contributed by atoms with Crippen LogP contribution in [0.5, 0.6) is 0 Å². The molecule has 2 amide bonds. The molecule has 1 N–H and O–H groups in total. The number of amides is 2. The highest BCUT2D eigenvalue weighted by Gasteiger charge is 2.42. The molecule has 2 saturated heterocycles. The topological polar surface area (TPSA) is 49.4 Å². The van der Waals surface area contributed by atoms with Gasteiger partial charge in [-0.15, -0.1) is 0 Å². The number of thioether (sulfide) groups is 1. The summed E-state index contributed by atoms with van der Waals surface area (Å²) in [7, 11) is 0. The van der Waals surface area contributed by atoms with Crippen LogP contribution in [-0.2, 0) is 9.59 Å². The van der Waals surface area contributed by atoms with Crippen LogP contribution in [0.2, 0.25) is 0 Å². The molecule has 5 heteroatoms. The van der Waals surface area contributed by atoms with E-state index >= 15 is 0 Å². The molecule has 0 saturated carbocycles. The standard InChI is InChI=1S/C14H24N2O2S/c1-3-14(4-2)13(18)16(7-5-12(17)15-14)9-11-6-8-19-10-11/h11H,3-10H2,1-2H3,(H,15,17). The number of hydrogen-bond donors (Lipinski definition) is 1. The lowest BCUT2D eigenvalue weighted by atomic mass is 9.91. The fraction of sp³-hybridized carbons (Fsp3) is 0.857. The second kappa shape index (κ2) is 6.16. The van der Waals surface area contributed by atoms with Gasteiger partial charge in [0.2, 0.25) is 11.8 Å². The van der Waals surface area contributed by atoms with E-state index in [4.69, 9.17) is 0 Å². The Morgan fingerprint density at radius 3 is 2.68 bits per heavy atom. The van der Waals surface area contributed by atoms with Crippen LogP contribution < -0.4 is 5.32 Å². The summed E-state index contributed by atoms with van der Waals surface area (Å²) in [5.41, 5.74) is -0.667. The molecule has 108 valence electrons. The highest BCUT2D eigenvalue weighted by molar-refractivity contribution is 7.99. The maximum atomic E-state index is 12.8. The van der Waals surface area contributed by atoms with Crippen molar-refractivity contribution in [2.45, 2.75) is 45.1 Å². The Hall–Kier alpha value is -0.710. The average Bonchev–Trinajstić information content (AvgIpc) is 2.89. The highest BCUT2D eigenvalue weighted by atomic mass is 32.2. The Morgan fingerprint density at radius 2 is 2.11 bits per heavy atom. The summed E-state index contributed by atoms with van der Waals surface area (Å²) in [5, 5.41) is 2.96. The van der Waals surface area contributed by atoms with Gasteiger partial charge in [-0.05, 0) is 36.7 Å². The van der Waals surface area contributed by atoms with E-state index in [1.165, 1.54) is 12.2 Å². The van der Waals surface area contributed by atoms with Crippen LogP contribution in [0.3, 0.4) is 0 Å². The summed E-state index contributed by atoms with van der Waals surface area (Å²) in [6.45, 7) is 5.36. The second-order valence-electron chi connectivity index (χ2n) is 5.57. The molecule has 0 aromatic rings. The van der Waals surface area contributed by atoms with Crippen molar-refractivity contribution in [1.29, 1.82) is 0 Å². The van der Waals surface area contributed by atoms with Crippen LogP contribution in [0.15, 0.2) is 0 Å². The van der Waals surface area contributed by atoms with Crippen molar-refractivity contribution in [2.75, 3.05) is 24.6 Å². The second-order valence-corrected chi connectivity index (χ2v) is 6.72. The number of carbonyl (C=O) groups excluding carboxylic acids is 2. The summed E-state index contributed by atoms with van der Waals surface area (Å²) in [6.07, 6.45) is 2.97. The van der Waals surface area contributed by atoms with E-state index in [9.17, 15) is 9.59 Å². The van der Waals surface area contributed by atoms with Gasteiger partial charge in [-0.25, -0.2) is 0 Å². The Morgan fingerprint density at radius 1 is 1.37 bits per heavy atom. The smallest absolute Gasteiger partial charge is 0.248 e. The number of nitrogens with zero attached hydrogens (tertiary/aromatic N) is 1. The van der Waals surface area contributed by atoms with Gasteiger partial charge in [-0.1, -0.05) is 13.8 Å². The van der Waals surface area contributed by atoms with Crippen LogP contribution in [0.1, 0.15) is 39.5 Å². The van der Waals surface area contributed by atoms with Gasteiger partial charge in [0.15, 0.2) is 0 Å². The minimum atomic E-state index is -0.667. The molecule has 2 heterocycles. The summed E-state index contributed by atoms with van der Waals surface area (Å²) in [5.74, 6) is 3.10. The Labute approximate surface area is 119 Å². The zero-order valence-corrected chi connectivity index (χ0v) is 12.7. The Balaban J connectivity index is 2.13. The van der Waals surface area contributed by atoms with Crippen molar-refractivity contribution in [1.82, 2.24) is 10.2 Å². The molecule has 19 heavy (non-hydrogen) atoms. The molecule has 2 fully saturated rings. The van der Waals surface area contributed by atoms with Gasteiger partial charge >= 0.3 is 0 Å². The third kappa shape index (κ3) is 3.07. The molecule has 0 aliphatic carbocycles. The molecule has 1 unspecified atom stereocenters. The highest BCUT2D eigenvalue weighted by Crippen LogP contribution is 2.27. The number of nitrogens with one attached hydrogen (secondary N) is 1. The monoisotopic (exact) mass is 284 g/mol. The van der Waals surface area contributed by atoms with Crippen molar-refractivity contribution in [3.8, 4) is 0 Å². The van der Waals surface area contributed by atoms with Gasteiger partial charge in [-0.3, -0.25) is 9.59 Å². The first-order chi connectivity index (χ1) is 9.11. The van der Waals surface area contributed by atoms with E-state index in [0.717, 1.165) is 12.3 Å². The van der Waals surface area contributed by atoms with Crippen molar-refractivity contribution in [3.63, 3.8) is 0 Å². The normalized spacial score (nSPS) is 27.3. The maximum Gasteiger partial charge on any atom is 0.248 e. The van der Waals surface area contributed by atoms with Crippen molar-refractivity contribution in [2.24, 2.45) is 5.92 Å². The van der Waals surface area contributed by atoms with E-state index in [1.54, 1.807) is 0 Å². The molecule has 0 aromatic carbocycles. The number of carbonyl (C=O) groups is 2. The van der Waals surface area contributed by atoms with Gasteiger partial charge in [-0.2, -0.15) is 11.8 Å². The van der Waals surface area contributed by atoms with E-state index in [-0.39, 0.29) is 11.8 Å². The molecule has 2 aliphatic heterocycles. The van der Waals surface area contributed by atoms with E-state index in [2.05, 4.69) is 5.32 Å². The first-order valence-corrected chi connectivity index (χ1v) is 8.45. The molecule has 2 aliphatic rings. The predicted octanol–water partition coefficient (Wildman–Crippen LogP) is 1.65. The van der Waals surface area contributed by atoms with Crippen LogP contribution in [0.25, 0.3) is 0 Å². The minimum absolute atomic E-state index is 0.0142. The van der Waals surface area contributed by atoms with E-state index in [0.29, 0.717) is 31.7 Å². The number of hydrogen-bond acceptors (Lipinski definition) is 3. The van der Waals surface area contributed by atoms with Gasteiger partial charge in [0.25, 0.3) is 0 Å². The lowest BCUT2D eigenvalue weighted by Crippen LogP contribution is -2.57. The fourth-order valence-corrected chi connectivity index (χ4v) is 4.24. The van der Waals surface area contributed by atoms with E-state index in [1.807, 2.05) is 30.5 Å². The third-order valence-corrected chi connectivity index (χ3v) is 5.63. The van der Waals surface area contributed by atoms with Crippen molar-refractivity contribution >= 4 is 23.6 Å². The molecule has 0 radical (unpaired) electrons. The van der Waals surface area contributed by atoms with Gasteiger partial charge in [0, 0.05) is 19.5 Å². The molecule has 0 spiro atoms. The predicted molar refractivity (Wildman–Crippen MR) is 78.1 cm³/mol. The zero-order chi connectivity index (χ0) is 13.9. The average molecular weight is 284 g/mol. The lowest BCUT2D eigenvalue weighted by Gasteiger charge is -2.34. The molecule has 0 aromatic heterocycles. The fourth-order valence-electron chi connectivity index (χ4n) is 2.97. The van der Waals surface area contributed by atoms with Gasteiger partial charge in [0.1, 0.15) is 5.54 Å². The Kier molecular flexibility index (Phi) is 4.76. The maximum absolute atomic E-state index is 12.8. The largest absolute Gasteiger partial charge is 0.342 e. The molecular weight excluding hydrogens is 260 g/mol. The molecular formula is C14H24N2O2S. The number of rotatable bonds is 4. The molecule has 2 rings (SSSR count). The molecule has 1 atom stereocenters. The van der Waals surface area contributed by atoms with Crippen molar-refractivity contribution in [3.05, 3.63) is 0 Å². The molecule has 4 nitrogen and oxygen atoms in total. The van der Waals surface area contributed by atoms with Crippen LogP contribution in [-0.4, -0.2) is 46.8 Å². The summed E-state index contributed by atoms with van der Waals surface area (Å²) in [6, 6.07) is 0. The molecule has 0 bridgehead atoms. The quantitative estimate of drug-likeness (QED) is 0.854. The first-order valence-electron chi connectivity index (χ1n) is 7.29. The van der Waals surface area contributed by atoms with Gasteiger partial charge in [0.05, 0.1) is 0 Å². The summed E-state index contributed by atoms with van der Waals surface area (Å²) < 4.78 is 0. The third-order valence-electron chi connectivity index (χ3n) is 4.39. The van der Waals surface area contributed by atoms with E-state index < -0.39 is 5.54 Å². The summed E-state index contributed by atoms with van der Waals surface area (Å²) >= 11 is 1.97. The lowest BCUT2D eigenvalue weighted by molar-refractivity contribution is -0.139. The van der Waals surface area contributed by atoms with Crippen LogP contribution in [0, 0.1) is 5.92 Å². The van der Waals surface area contributed by atoms with Crippen molar-refractivity contribution < 1.29 is 9.59 Å². The van der Waals surface area contributed by atoms with Crippen LogP contribution in [0.4, 0.5) is 0 Å². The van der Waals surface area contributed by atoms with Gasteiger partial charge < -0.3 is 10.2 Å².